The monoisotopic (exact) mass is 357 g/mol. The predicted octanol–water partition coefficient (Wildman–Crippen LogP) is 0.0170. The summed E-state index contributed by atoms with van der Waals surface area (Å²) in [5.74, 6) is 0.262. The van der Waals surface area contributed by atoms with Crippen molar-refractivity contribution in [3.63, 3.8) is 0 Å². The molecule has 2 heterocycles. The lowest BCUT2D eigenvalue weighted by Gasteiger charge is -2.35. The molecule has 1 aromatic rings. The molecule has 0 aromatic heterocycles. The molecule has 3 N–H and O–H groups in total. The van der Waals surface area contributed by atoms with E-state index in [4.69, 9.17) is 0 Å². The molecule has 1 aromatic carbocycles. The summed E-state index contributed by atoms with van der Waals surface area (Å²) in [5.41, 5.74) is 7.59. The van der Waals surface area contributed by atoms with Gasteiger partial charge in [-0.05, 0) is 24.8 Å². The third-order valence-electron chi connectivity index (χ3n) is 5.40. The zero-order valence-corrected chi connectivity index (χ0v) is 15.0. The molecule has 7 heteroatoms. The van der Waals surface area contributed by atoms with Crippen LogP contribution < -0.4 is 16.2 Å². The van der Waals surface area contributed by atoms with Gasteiger partial charge in [0.05, 0.1) is 6.54 Å². The van der Waals surface area contributed by atoms with Crippen molar-refractivity contribution < 1.29 is 9.59 Å². The van der Waals surface area contributed by atoms with Crippen LogP contribution in [-0.2, 0) is 9.59 Å². The van der Waals surface area contributed by atoms with E-state index in [9.17, 15) is 9.59 Å². The molecular formula is C19H27N5O2. The van der Waals surface area contributed by atoms with Gasteiger partial charge in [0.1, 0.15) is 6.04 Å². The Morgan fingerprint density at radius 2 is 1.77 bits per heavy atom. The molecule has 2 aliphatic heterocycles. The number of amides is 2. The van der Waals surface area contributed by atoms with Gasteiger partial charge in [-0.25, -0.2) is 10.9 Å². The standard InChI is InChI=1S/C19H27N5O2/c25-18(20-15-6-7-15)13-23-8-10-24(11-9-23)19(26)17-12-16(21-22-17)14-4-2-1-3-5-14/h1-5,15-17,21-22H,6-13H2,(H,20,25). The summed E-state index contributed by atoms with van der Waals surface area (Å²) in [6.07, 6.45) is 2.98. The summed E-state index contributed by atoms with van der Waals surface area (Å²) in [6, 6.07) is 10.6. The summed E-state index contributed by atoms with van der Waals surface area (Å²) in [6.45, 7) is 3.32. The van der Waals surface area contributed by atoms with Gasteiger partial charge in [0, 0.05) is 38.3 Å². The summed E-state index contributed by atoms with van der Waals surface area (Å²) in [4.78, 5) is 28.7. The van der Waals surface area contributed by atoms with E-state index in [1.807, 2.05) is 23.1 Å². The van der Waals surface area contributed by atoms with E-state index in [1.165, 1.54) is 5.56 Å². The fourth-order valence-corrected chi connectivity index (χ4v) is 3.67. The van der Waals surface area contributed by atoms with Gasteiger partial charge in [-0.15, -0.1) is 0 Å². The third kappa shape index (κ3) is 4.23. The molecule has 2 atom stereocenters. The molecule has 3 fully saturated rings. The molecule has 1 aliphatic carbocycles. The number of nitrogens with zero attached hydrogens (tertiary/aromatic N) is 2. The van der Waals surface area contributed by atoms with Crippen LogP contribution in [0.3, 0.4) is 0 Å². The summed E-state index contributed by atoms with van der Waals surface area (Å²) < 4.78 is 0. The highest BCUT2D eigenvalue weighted by Crippen LogP contribution is 2.23. The highest BCUT2D eigenvalue weighted by Gasteiger charge is 2.34. The maximum Gasteiger partial charge on any atom is 0.241 e. The Morgan fingerprint density at radius 3 is 2.46 bits per heavy atom. The van der Waals surface area contributed by atoms with Gasteiger partial charge >= 0.3 is 0 Å². The normalized spacial score (nSPS) is 26.7. The van der Waals surface area contributed by atoms with Crippen molar-refractivity contribution in [2.75, 3.05) is 32.7 Å². The van der Waals surface area contributed by atoms with Gasteiger partial charge in [0.15, 0.2) is 0 Å². The lowest BCUT2D eigenvalue weighted by molar-refractivity contribution is -0.135. The third-order valence-corrected chi connectivity index (χ3v) is 5.40. The van der Waals surface area contributed by atoms with Gasteiger partial charge in [-0.2, -0.15) is 0 Å². The number of piperazine rings is 1. The van der Waals surface area contributed by atoms with E-state index < -0.39 is 0 Å². The van der Waals surface area contributed by atoms with E-state index >= 15 is 0 Å². The van der Waals surface area contributed by atoms with E-state index in [-0.39, 0.29) is 23.9 Å². The molecule has 2 unspecified atom stereocenters. The van der Waals surface area contributed by atoms with Crippen molar-refractivity contribution in [3.8, 4) is 0 Å². The van der Waals surface area contributed by atoms with Crippen LogP contribution >= 0.6 is 0 Å². The van der Waals surface area contributed by atoms with Crippen LogP contribution in [0.2, 0.25) is 0 Å². The van der Waals surface area contributed by atoms with Crippen molar-refractivity contribution >= 4 is 11.8 Å². The number of rotatable bonds is 5. The molecule has 0 radical (unpaired) electrons. The van der Waals surface area contributed by atoms with Crippen LogP contribution in [-0.4, -0.2) is 66.4 Å². The van der Waals surface area contributed by atoms with Gasteiger partial charge < -0.3 is 10.2 Å². The summed E-state index contributed by atoms with van der Waals surface area (Å²) in [5, 5.41) is 3.02. The van der Waals surface area contributed by atoms with Crippen molar-refractivity contribution in [2.45, 2.75) is 37.4 Å². The number of carbonyl (C=O) groups is 2. The largest absolute Gasteiger partial charge is 0.352 e. The van der Waals surface area contributed by atoms with Crippen LogP contribution in [0.4, 0.5) is 0 Å². The van der Waals surface area contributed by atoms with E-state index in [0.29, 0.717) is 25.7 Å². The predicted molar refractivity (Wildman–Crippen MR) is 98.0 cm³/mol. The first-order chi connectivity index (χ1) is 12.7. The topological polar surface area (TPSA) is 76.7 Å². The average molecular weight is 357 g/mol. The molecule has 4 rings (SSSR count). The molecule has 1 saturated carbocycles. The number of hydrogen-bond donors (Lipinski definition) is 3. The first-order valence-corrected chi connectivity index (χ1v) is 9.55. The fraction of sp³-hybridized carbons (Fsp3) is 0.579. The number of hydrogen-bond acceptors (Lipinski definition) is 5. The fourth-order valence-electron chi connectivity index (χ4n) is 3.67. The summed E-state index contributed by atoms with van der Waals surface area (Å²) in [7, 11) is 0. The smallest absolute Gasteiger partial charge is 0.241 e. The minimum absolute atomic E-state index is 0.111. The maximum atomic E-state index is 12.8. The minimum Gasteiger partial charge on any atom is -0.352 e. The maximum absolute atomic E-state index is 12.8. The molecule has 0 spiro atoms. The zero-order valence-electron chi connectivity index (χ0n) is 15.0. The first kappa shape index (κ1) is 17.5. The van der Waals surface area contributed by atoms with Crippen LogP contribution in [0.25, 0.3) is 0 Å². The Balaban J connectivity index is 1.23. The number of nitrogens with one attached hydrogen (secondary N) is 3. The molecule has 140 valence electrons. The Labute approximate surface area is 154 Å². The SMILES string of the molecule is O=C(CN1CCN(C(=O)C2CC(c3ccccc3)NN2)CC1)NC1CC1. The Morgan fingerprint density at radius 1 is 1.04 bits per heavy atom. The zero-order chi connectivity index (χ0) is 17.9. The van der Waals surface area contributed by atoms with Gasteiger partial charge in [0.25, 0.3) is 0 Å². The molecule has 7 nitrogen and oxygen atoms in total. The molecule has 2 amide bonds. The molecule has 3 aliphatic rings. The van der Waals surface area contributed by atoms with Crippen molar-refractivity contribution in [1.29, 1.82) is 0 Å². The second-order valence-electron chi connectivity index (χ2n) is 7.48. The minimum atomic E-state index is -0.190. The number of benzene rings is 1. The number of hydrazine groups is 1. The van der Waals surface area contributed by atoms with Crippen molar-refractivity contribution in [3.05, 3.63) is 35.9 Å². The number of carbonyl (C=O) groups excluding carboxylic acids is 2. The van der Waals surface area contributed by atoms with Crippen molar-refractivity contribution in [1.82, 2.24) is 26.0 Å². The molecular weight excluding hydrogens is 330 g/mol. The molecule has 0 bridgehead atoms. The van der Waals surface area contributed by atoms with Gasteiger partial charge in [-0.1, -0.05) is 30.3 Å². The van der Waals surface area contributed by atoms with Crippen molar-refractivity contribution in [2.24, 2.45) is 0 Å². The highest BCUT2D eigenvalue weighted by atomic mass is 16.2. The van der Waals surface area contributed by atoms with Crippen LogP contribution in [0, 0.1) is 0 Å². The van der Waals surface area contributed by atoms with Crippen LogP contribution in [0.1, 0.15) is 30.9 Å². The van der Waals surface area contributed by atoms with E-state index in [0.717, 1.165) is 32.4 Å². The average Bonchev–Trinajstić information content (AvgIpc) is 3.34. The second kappa shape index (κ2) is 7.73. The first-order valence-electron chi connectivity index (χ1n) is 9.55. The molecule has 26 heavy (non-hydrogen) atoms. The van der Waals surface area contributed by atoms with Gasteiger partial charge in [-0.3, -0.25) is 14.5 Å². The van der Waals surface area contributed by atoms with E-state index in [2.05, 4.69) is 33.2 Å². The van der Waals surface area contributed by atoms with Gasteiger partial charge in [0.2, 0.25) is 11.8 Å². The van der Waals surface area contributed by atoms with Crippen LogP contribution in [0.5, 0.6) is 0 Å². The quantitative estimate of drug-likeness (QED) is 0.693. The lowest BCUT2D eigenvalue weighted by atomic mass is 10.0. The molecule has 2 saturated heterocycles. The Kier molecular flexibility index (Phi) is 5.19. The Bertz CT molecular complexity index is 641. The van der Waals surface area contributed by atoms with Crippen LogP contribution in [0.15, 0.2) is 30.3 Å². The van der Waals surface area contributed by atoms with E-state index in [1.54, 1.807) is 0 Å². The highest BCUT2D eigenvalue weighted by molar-refractivity contribution is 5.82. The Hall–Kier alpha value is -1.96. The summed E-state index contributed by atoms with van der Waals surface area (Å²) >= 11 is 0. The lowest BCUT2D eigenvalue weighted by Crippen LogP contribution is -2.55. The second-order valence-corrected chi connectivity index (χ2v) is 7.48.